The van der Waals surface area contributed by atoms with Crippen LogP contribution in [0.15, 0.2) is 48.5 Å². The molecule has 24 heavy (non-hydrogen) atoms. The molecule has 3 nitrogen and oxygen atoms in total. The van der Waals surface area contributed by atoms with Gasteiger partial charge in [0.2, 0.25) is 0 Å². The molecule has 0 saturated carbocycles. The van der Waals surface area contributed by atoms with Gasteiger partial charge in [0.05, 0.1) is 10.6 Å². The van der Waals surface area contributed by atoms with Crippen molar-refractivity contribution in [1.29, 1.82) is 5.26 Å². The molecule has 1 saturated heterocycles. The third-order valence-electron chi connectivity index (χ3n) is 4.61. The zero-order valence-electron chi connectivity index (χ0n) is 13.7. The number of rotatable bonds is 5. The summed E-state index contributed by atoms with van der Waals surface area (Å²) in [5.74, 6) is 0. The van der Waals surface area contributed by atoms with E-state index in [1.54, 1.807) is 6.07 Å². The maximum atomic E-state index is 8.93. The first kappa shape index (κ1) is 16.8. The van der Waals surface area contributed by atoms with Gasteiger partial charge >= 0.3 is 0 Å². The van der Waals surface area contributed by atoms with Crippen LogP contribution in [0.5, 0.6) is 0 Å². The third kappa shape index (κ3) is 4.50. The van der Waals surface area contributed by atoms with E-state index in [0.717, 1.165) is 44.6 Å². The average Bonchev–Trinajstić information content (AvgIpc) is 2.62. The fourth-order valence-electron chi connectivity index (χ4n) is 3.16. The van der Waals surface area contributed by atoms with Gasteiger partial charge in [0, 0.05) is 31.4 Å². The van der Waals surface area contributed by atoms with Gasteiger partial charge in [-0.15, -0.1) is 0 Å². The standard InChI is InChI=1S/C20H22ClN3/c21-20-14-19(7-6-17(20)15-22)23-18-9-12-24(13-10-18)11-8-16-4-2-1-3-5-16/h1-7,14,18,23H,8-13H2. The zero-order chi connectivity index (χ0) is 16.8. The van der Waals surface area contributed by atoms with Gasteiger partial charge in [-0.25, -0.2) is 0 Å². The Kier molecular flexibility index (Phi) is 5.74. The van der Waals surface area contributed by atoms with Gasteiger partial charge in [0.25, 0.3) is 0 Å². The van der Waals surface area contributed by atoms with Crippen molar-refractivity contribution in [1.82, 2.24) is 4.90 Å². The summed E-state index contributed by atoms with van der Waals surface area (Å²) in [5, 5.41) is 13.0. The molecule has 1 N–H and O–H groups in total. The molecular formula is C20H22ClN3. The predicted octanol–water partition coefficient (Wildman–Crippen LogP) is 4.33. The summed E-state index contributed by atoms with van der Waals surface area (Å²) >= 11 is 6.10. The number of hydrogen-bond donors (Lipinski definition) is 1. The molecule has 0 spiro atoms. The Balaban J connectivity index is 1.45. The number of nitriles is 1. The number of benzene rings is 2. The summed E-state index contributed by atoms with van der Waals surface area (Å²) in [4.78, 5) is 2.54. The second-order valence-corrected chi connectivity index (χ2v) is 6.71. The van der Waals surface area contributed by atoms with Gasteiger partial charge in [-0.3, -0.25) is 0 Å². The Bertz CT molecular complexity index is 701. The van der Waals surface area contributed by atoms with E-state index in [1.165, 1.54) is 5.56 Å². The van der Waals surface area contributed by atoms with Crippen LogP contribution in [-0.2, 0) is 6.42 Å². The summed E-state index contributed by atoms with van der Waals surface area (Å²) in [6, 6.07) is 18.8. The molecule has 2 aromatic rings. The van der Waals surface area contributed by atoms with Crippen LogP contribution in [0.25, 0.3) is 0 Å². The molecule has 2 aromatic carbocycles. The fraction of sp³-hybridized carbons (Fsp3) is 0.350. The first-order chi connectivity index (χ1) is 11.7. The van der Waals surface area contributed by atoms with E-state index in [0.29, 0.717) is 16.6 Å². The minimum Gasteiger partial charge on any atom is -0.382 e. The van der Waals surface area contributed by atoms with Crippen LogP contribution in [0.1, 0.15) is 24.0 Å². The lowest BCUT2D eigenvalue weighted by Crippen LogP contribution is -2.40. The quantitative estimate of drug-likeness (QED) is 0.881. The molecule has 0 bridgehead atoms. The molecule has 1 heterocycles. The van der Waals surface area contributed by atoms with Gasteiger partial charge in [0.15, 0.2) is 0 Å². The van der Waals surface area contributed by atoms with Gasteiger partial charge < -0.3 is 10.2 Å². The Labute approximate surface area is 148 Å². The molecular weight excluding hydrogens is 318 g/mol. The zero-order valence-corrected chi connectivity index (χ0v) is 14.5. The minimum atomic E-state index is 0.474. The lowest BCUT2D eigenvalue weighted by molar-refractivity contribution is 0.221. The highest BCUT2D eigenvalue weighted by atomic mass is 35.5. The third-order valence-corrected chi connectivity index (χ3v) is 4.92. The average molecular weight is 340 g/mol. The van der Waals surface area contributed by atoms with E-state index >= 15 is 0 Å². The van der Waals surface area contributed by atoms with Gasteiger partial charge in [-0.1, -0.05) is 41.9 Å². The van der Waals surface area contributed by atoms with Crippen molar-refractivity contribution < 1.29 is 0 Å². The molecule has 124 valence electrons. The first-order valence-electron chi connectivity index (χ1n) is 8.47. The van der Waals surface area contributed by atoms with Crippen LogP contribution in [0.2, 0.25) is 5.02 Å². The van der Waals surface area contributed by atoms with Crippen molar-refractivity contribution >= 4 is 17.3 Å². The lowest BCUT2D eigenvalue weighted by Gasteiger charge is -2.33. The number of hydrogen-bond acceptors (Lipinski definition) is 3. The van der Waals surface area contributed by atoms with Gasteiger partial charge in [-0.05, 0) is 43.0 Å². The largest absolute Gasteiger partial charge is 0.382 e. The number of likely N-dealkylation sites (tertiary alicyclic amines) is 1. The molecule has 4 heteroatoms. The maximum Gasteiger partial charge on any atom is 0.101 e. The van der Waals surface area contributed by atoms with Crippen molar-refractivity contribution in [3.63, 3.8) is 0 Å². The topological polar surface area (TPSA) is 39.1 Å². The van der Waals surface area contributed by atoms with Crippen LogP contribution < -0.4 is 5.32 Å². The van der Waals surface area contributed by atoms with E-state index in [2.05, 4.69) is 46.6 Å². The number of anilines is 1. The van der Waals surface area contributed by atoms with Gasteiger partial charge in [-0.2, -0.15) is 5.26 Å². The van der Waals surface area contributed by atoms with Crippen LogP contribution in [-0.4, -0.2) is 30.6 Å². The minimum absolute atomic E-state index is 0.474. The molecule has 0 radical (unpaired) electrons. The summed E-state index contributed by atoms with van der Waals surface area (Å²) in [6.07, 6.45) is 3.38. The molecule has 1 fully saturated rings. The number of piperidine rings is 1. The highest BCUT2D eigenvalue weighted by Gasteiger charge is 2.19. The Morgan fingerprint density at radius 2 is 1.88 bits per heavy atom. The molecule has 1 aliphatic rings. The van der Waals surface area contributed by atoms with Crippen molar-refractivity contribution in [3.05, 3.63) is 64.7 Å². The van der Waals surface area contributed by atoms with E-state index in [9.17, 15) is 0 Å². The SMILES string of the molecule is N#Cc1ccc(NC2CCN(CCc3ccccc3)CC2)cc1Cl. The molecule has 0 amide bonds. The normalized spacial score (nSPS) is 15.8. The Hall–Kier alpha value is -2.02. The van der Waals surface area contributed by atoms with Gasteiger partial charge in [0.1, 0.15) is 6.07 Å². The summed E-state index contributed by atoms with van der Waals surface area (Å²) in [6.45, 7) is 3.36. The molecule has 1 aliphatic heterocycles. The molecule has 0 aliphatic carbocycles. The maximum absolute atomic E-state index is 8.93. The second kappa shape index (κ2) is 8.19. The number of nitrogens with zero attached hydrogens (tertiary/aromatic N) is 2. The highest BCUT2D eigenvalue weighted by molar-refractivity contribution is 6.32. The van der Waals surface area contributed by atoms with Crippen molar-refractivity contribution in [2.75, 3.05) is 25.0 Å². The Morgan fingerprint density at radius 3 is 2.54 bits per heavy atom. The molecule has 0 unspecified atom stereocenters. The van der Waals surface area contributed by atoms with Crippen LogP contribution in [0.3, 0.4) is 0 Å². The summed E-state index contributed by atoms with van der Waals surface area (Å²) < 4.78 is 0. The monoisotopic (exact) mass is 339 g/mol. The smallest absolute Gasteiger partial charge is 0.101 e. The fourth-order valence-corrected chi connectivity index (χ4v) is 3.39. The second-order valence-electron chi connectivity index (χ2n) is 6.30. The van der Waals surface area contributed by atoms with Crippen molar-refractivity contribution in [2.45, 2.75) is 25.3 Å². The lowest BCUT2D eigenvalue weighted by atomic mass is 10.0. The van der Waals surface area contributed by atoms with E-state index in [-0.39, 0.29) is 0 Å². The van der Waals surface area contributed by atoms with E-state index in [1.807, 2.05) is 12.1 Å². The molecule has 0 atom stereocenters. The van der Waals surface area contributed by atoms with Crippen LogP contribution >= 0.6 is 11.6 Å². The predicted molar refractivity (Wildman–Crippen MR) is 99.4 cm³/mol. The summed E-state index contributed by atoms with van der Waals surface area (Å²) in [7, 11) is 0. The van der Waals surface area contributed by atoms with E-state index in [4.69, 9.17) is 16.9 Å². The molecule has 3 rings (SSSR count). The Morgan fingerprint density at radius 1 is 1.12 bits per heavy atom. The van der Waals surface area contributed by atoms with Crippen LogP contribution in [0.4, 0.5) is 5.69 Å². The number of nitrogens with one attached hydrogen (secondary N) is 1. The van der Waals surface area contributed by atoms with E-state index < -0.39 is 0 Å². The summed E-state index contributed by atoms with van der Waals surface area (Å²) in [5.41, 5.74) is 2.93. The first-order valence-corrected chi connectivity index (χ1v) is 8.85. The van der Waals surface area contributed by atoms with Crippen molar-refractivity contribution in [3.8, 4) is 6.07 Å². The number of halogens is 1. The van der Waals surface area contributed by atoms with Crippen LogP contribution in [0, 0.1) is 11.3 Å². The molecule has 0 aromatic heterocycles. The highest BCUT2D eigenvalue weighted by Crippen LogP contribution is 2.23. The van der Waals surface area contributed by atoms with Crippen molar-refractivity contribution in [2.24, 2.45) is 0 Å².